The SMILES string of the molecule is CC(C)(C)OC(=O)N1CCC(CN2CCN(Cc3ccc(NC4CCC(=O)NC4=O)c(F)c3)CC2)CC1. The molecule has 0 radical (unpaired) electrons. The first kappa shape index (κ1) is 27.3. The summed E-state index contributed by atoms with van der Waals surface area (Å²) in [6.45, 7) is 12.7. The van der Waals surface area contributed by atoms with E-state index in [1.54, 1.807) is 6.07 Å². The minimum absolute atomic E-state index is 0.212. The molecule has 1 aromatic rings. The zero-order valence-corrected chi connectivity index (χ0v) is 22.2. The number of carbonyl (C=O) groups excluding carboxylic acids is 3. The average Bonchev–Trinajstić information content (AvgIpc) is 2.83. The van der Waals surface area contributed by atoms with Crippen LogP contribution >= 0.6 is 0 Å². The van der Waals surface area contributed by atoms with Gasteiger partial charge in [0.25, 0.3) is 0 Å². The van der Waals surface area contributed by atoms with E-state index >= 15 is 0 Å². The van der Waals surface area contributed by atoms with Crippen molar-refractivity contribution < 1.29 is 23.5 Å². The summed E-state index contributed by atoms with van der Waals surface area (Å²) in [5, 5.41) is 5.21. The molecule has 0 saturated carbocycles. The van der Waals surface area contributed by atoms with Crippen LogP contribution in [-0.4, -0.2) is 90.1 Å². The van der Waals surface area contributed by atoms with Crippen LogP contribution in [0.15, 0.2) is 18.2 Å². The van der Waals surface area contributed by atoms with Gasteiger partial charge in [-0.05, 0) is 63.6 Å². The molecule has 1 unspecified atom stereocenters. The quantitative estimate of drug-likeness (QED) is 0.561. The van der Waals surface area contributed by atoms with Gasteiger partial charge in [0.15, 0.2) is 0 Å². The van der Waals surface area contributed by atoms with Crippen LogP contribution in [0.5, 0.6) is 0 Å². The van der Waals surface area contributed by atoms with Crippen LogP contribution in [0.1, 0.15) is 52.0 Å². The molecule has 9 nitrogen and oxygen atoms in total. The minimum atomic E-state index is -0.601. The van der Waals surface area contributed by atoms with Crippen LogP contribution in [0.2, 0.25) is 0 Å². The molecule has 37 heavy (non-hydrogen) atoms. The van der Waals surface area contributed by atoms with Gasteiger partial charge in [-0.1, -0.05) is 6.07 Å². The van der Waals surface area contributed by atoms with Crippen molar-refractivity contribution in [2.24, 2.45) is 5.92 Å². The molecular weight excluding hydrogens is 477 g/mol. The lowest BCUT2D eigenvalue weighted by Gasteiger charge is -2.39. The zero-order valence-electron chi connectivity index (χ0n) is 22.2. The molecule has 0 bridgehead atoms. The number of likely N-dealkylation sites (tertiary alicyclic amines) is 1. The first-order valence-electron chi connectivity index (χ1n) is 13.4. The molecular formula is C27H40FN5O4. The van der Waals surface area contributed by atoms with E-state index in [2.05, 4.69) is 20.4 Å². The minimum Gasteiger partial charge on any atom is -0.444 e. The number of anilines is 1. The summed E-state index contributed by atoms with van der Waals surface area (Å²) >= 11 is 0. The van der Waals surface area contributed by atoms with Crippen LogP contribution in [0.25, 0.3) is 0 Å². The number of nitrogens with zero attached hydrogens (tertiary/aromatic N) is 3. The molecule has 0 aromatic heterocycles. The Balaban J connectivity index is 1.17. The predicted octanol–water partition coefficient (Wildman–Crippen LogP) is 2.81. The lowest BCUT2D eigenvalue weighted by Crippen LogP contribution is -2.49. The number of rotatable bonds is 6. The highest BCUT2D eigenvalue weighted by Gasteiger charge is 2.29. The van der Waals surface area contributed by atoms with Gasteiger partial charge >= 0.3 is 6.09 Å². The fourth-order valence-electron chi connectivity index (χ4n) is 5.17. The van der Waals surface area contributed by atoms with E-state index < -0.39 is 23.4 Å². The molecule has 204 valence electrons. The zero-order chi connectivity index (χ0) is 26.6. The number of benzene rings is 1. The maximum absolute atomic E-state index is 14.7. The van der Waals surface area contributed by atoms with Crippen molar-refractivity contribution in [3.8, 4) is 0 Å². The highest BCUT2D eigenvalue weighted by atomic mass is 19.1. The summed E-state index contributed by atoms with van der Waals surface area (Å²) in [7, 11) is 0. The number of carbonyl (C=O) groups is 3. The second-order valence-corrected chi connectivity index (χ2v) is 11.4. The molecule has 3 aliphatic rings. The van der Waals surface area contributed by atoms with Gasteiger partial charge in [-0.3, -0.25) is 19.8 Å². The molecule has 1 aromatic carbocycles. The van der Waals surface area contributed by atoms with Gasteiger partial charge in [-0.25, -0.2) is 9.18 Å². The van der Waals surface area contributed by atoms with E-state index in [4.69, 9.17) is 4.74 Å². The van der Waals surface area contributed by atoms with Crippen molar-refractivity contribution in [1.82, 2.24) is 20.0 Å². The van der Waals surface area contributed by atoms with Crippen LogP contribution < -0.4 is 10.6 Å². The Kier molecular flexibility index (Phi) is 8.69. The normalized spacial score (nSPS) is 22.6. The number of piperidine rings is 2. The molecule has 3 heterocycles. The number of hydrogen-bond acceptors (Lipinski definition) is 7. The molecule has 4 rings (SSSR count). The third-order valence-corrected chi connectivity index (χ3v) is 7.26. The smallest absolute Gasteiger partial charge is 0.410 e. The molecule has 3 fully saturated rings. The molecule has 3 saturated heterocycles. The van der Waals surface area contributed by atoms with Crippen LogP contribution in [0, 0.1) is 11.7 Å². The van der Waals surface area contributed by atoms with Crippen molar-refractivity contribution >= 4 is 23.6 Å². The van der Waals surface area contributed by atoms with E-state index in [-0.39, 0.29) is 24.1 Å². The average molecular weight is 518 g/mol. The molecule has 0 aliphatic carbocycles. The highest BCUT2D eigenvalue weighted by Crippen LogP contribution is 2.23. The maximum Gasteiger partial charge on any atom is 0.410 e. The fraction of sp³-hybridized carbons (Fsp3) is 0.667. The van der Waals surface area contributed by atoms with E-state index in [9.17, 15) is 18.8 Å². The first-order valence-corrected chi connectivity index (χ1v) is 13.4. The molecule has 2 N–H and O–H groups in total. The van der Waals surface area contributed by atoms with Crippen molar-refractivity contribution in [2.45, 2.75) is 64.6 Å². The maximum atomic E-state index is 14.7. The Morgan fingerprint density at radius 2 is 1.73 bits per heavy atom. The van der Waals surface area contributed by atoms with Crippen LogP contribution in [0.4, 0.5) is 14.9 Å². The second kappa shape index (κ2) is 11.8. The van der Waals surface area contributed by atoms with E-state index in [0.717, 1.165) is 64.2 Å². The van der Waals surface area contributed by atoms with Crippen LogP contribution in [-0.2, 0) is 20.9 Å². The number of halogens is 1. The molecule has 3 amide bonds. The number of hydrogen-bond donors (Lipinski definition) is 2. The molecule has 3 aliphatic heterocycles. The topological polar surface area (TPSA) is 94.2 Å². The van der Waals surface area contributed by atoms with Gasteiger partial charge < -0.3 is 19.9 Å². The highest BCUT2D eigenvalue weighted by molar-refractivity contribution is 6.01. The standard InChI is InChI=1S/C27H40FN5O4/c1-27(2,3)37-26(36)33-10-8-19(9-11-33)17-31-12-14-32(15-13-31)18-20-4-5-22(21(28)16-20)29-23-6-7-24(34)30-25(23)35/h4-5,16,19,23,29H,6-15,17-18H2,1-3H3,(H,30,34,35). The molecule has 1 atom stereocenters. The Hall–Kier alpha value is -2.72. The van der Waals surface area contributed by atoms with Gasteiger partial charge in [0, 0.05) is 58.8 Å². The second-order valence-electron chi connectivity index (χ2n) is 11.4. The monoisotopic (exact) mass is 517 g/mol. The lowest BCUT2D eigenvalue weighted by molar-refractivity contribution is -0.133. The van der Waals surface area contributed by atoms with Gasteiger partial charge in [-0.2, -0.15) is 0 Å². The Morgan fingerprint density at radius 3 is 2.35 bits per heavy atom. The number of ether oxygens (including phenoxy) is 1. The Morgan fingerprint density at radius 1 is 1.05 bits per heavy atom. The van der Waals surface area contributed by atoms with Gasteiger partial charge in [0.2, 0.25) is 11.8 Å². The van der Waals surface area contributed by atoms with Gasteiger partial charge in [0.1, 0.15) is 17.5 Å². The summed E-state index contributed by atoms with van der Waals surface area (Å²) < 4.78 is 20.2. The Labute approximate surface area is 218 Å². The summed E-state index contributed by atoms with van der Waals surface area (Å²) in [6.07, 6.45) is 2.39. The fourth-order valence-corrected chi connectivity index (χ4v) is 5.17. The predicted molar refractivity (Wildman–Crippen MR) is 138 cm³/mol. The Bertz CT molecular complexity index is 981. The van der Waals surface area contributed by atoms with Crippen molar-refractivity contribution in [1.29, 1.82) is 0 Å². The van der Waals surface area contributed by atoms with E-state index in [1.165, 1.54) is 6.07 Å². The van der Waals surface area contributed by atoms with E-state index in [1.807, 2.05) is 31.7 Å². The number of nitrogens with one attached hydrogen (secondary N) is 2. The third-order valence-electron chi connectivity index (χ3n) is 7.26. The number of imide groups is 1. The summed E-state index contributed by atoms with van der Waals surface area (Å²) in [5.41, 5.74) is 0.712. The summed E-state index contributed by atoms with van der Waals surface area (Å²) in [5.74, 6) is -0.504. The van der Waals surface area contributed by atoms with Crippen molar-refractivity contribution in [2.75, 3.05) is 51.1 Å². The first-order chi connectivity index (χ1) is 17.6. The largest absolute Gasteiger partial charge is 0.444 e. The summed E-state index contributed by atoms with van der Waals surface area (Å²) in [4.78, 5) is 42.2. The number of piperazine rings is 1. The van der Waals surface area contributed by atoms with E-state index in [0.29, 0.717) is 18.9 Å². The lowest BCUT2D eigenvalue weighted by atomic mass is 9.96. The van der Waals surface area contributed by atoms with Gasteiger partial charge in [-0.15, -0.1) is 0 Å². The van der Waals surface area contributed by atoms with Crippen molar-refractivity contribution in [3.05, 3.63) is 29.6 Å². The molecule has 10 heteroatoms. The van der Waals surface area contributed by atoms with Gasteiger partial charge in [0.05, 0.1) is 5.69 Å². The number of amides is 3. The summed E-state index contributed by atoms with van der Waals surface area (Å²) in [6, 6.07) is 4.49. The third kappa shape index (κ3) is 7.88. The van der Waals surface area contributed by atoms with Crippen LogP contribution in [0.3, 0.4) is 0 Å². The van der Waals surface area contributed by atoms with Crippen molar-refractivity contribution in [3.63, 3.8) is 0 Å². The molecule has 0 spiro atoms.